The summed E-state index contributed by atoms with van der Waals surface area (Å²) >= 11 is 0. The van der Waals surface area contributed by atoms with Crippen molar-refractivity contribution in [2.24, 2.45) is 0 Å². The minimum atomic E-state index is -1.95. The van der Waals surface area contributed by atoms with Crippen LogP contribution in [0.15, 0.2) is 12.1 Å². The van der Waals surface area contributed by atoms with Crippen molar-refractivity contribution < 1.29 is 33.6 Å². The third-order valence-electron chi connectivity index (χ3n) is 2.49. The lowest BCUT2D eigenvalue weighted by atomic mass is 10.0. The number of ether oxygens (including phenoxy) is 1. The zero-order chi connectivity index (χ0) is 14.6. The SMILES string of the molecule is CCOC(=O)C(O)C(O)c1cc(F)c(CO)c(F)c1. The topological polar surface area (TPSA) is 87.0 Å². The van der Waals surface area contributed by atoms with Crippen molar-refractivity contribution in [3.63, 3.8) is 0 Å². The maximum atomic E-state index is 13.4. The molecule has 1 aromatic rings. The van der Waals surface area contributed by atoms with Crippen LogP contribution in [0.3, 0.4) is 0 Å². The first-order chi connectivity index (χ1) is 8.92. The summed E-state index contributed by atoms with van der Waals surface area (Å²) in [6.07, 6.45) is -3.77. The van der Waals surface area contributed by atoms with Crippen LogP contribution in [0.25, 0.3) is 0 Å². The highest BCUT2D eigenvalue weighted by atomic mass is 19.1. The van der Waals surface area contributed by atoms with Crippen molar-refractivity contribution in [3.8, 4) is 0 Å². The number of esters is 1. The molecule has 0 fully saturated rings. The van der Waals surface area contributed by atoms with Crippen LogP contribution >= 0.6 is 0 Å². The zero-order valence-corrected chi connectivity index (χ0v) is 10.1. The highest BCUT2D eigenvalue weighted by Gasteiger charge is 2.28. The molecule has 3 N–H and O–H groups in total. The second-order valence-corrected chi connectivity index (χ2v) is 3.76. The van der Waals surface area contributed by atoms with Gasteiger partial charge in [-0.05, 0) is 24.6 Å². The molecule has 0 heterocycles. The summed E-state index contributed by atoms with van der Waals surface area (Å²) < 4.78 is 31.2. The molecule has 2 atom stereocenters. The van der Waals surface area contributed by atoms with Gasteiger partial charge in [0.2, 0.25) is 0 Å². The summed E-state index contributed by atoms with van der Waals surface area (Å²) in [7, 11) is 0. The minimum absolute atomic E-state index is 0.00517. The van der Waals surface area contributed by atoms with Gasteiger partial charge in [-0.2, -0.15) is 0 Å². The number of aliphatic hydroxyl groups is 3. The number of hydrogen-bond donors (Lipinski definition) is 3. The molecule has 106 valence electrons. The first-order valence-electron chi connectivity index (χ1n) is 5.53. The first kappa shape index (κ1) is 15.5. The van der Waals surface area contributed by atoms with Crippen LogP contribution in [0.2, 0.25) is 0 Å². The lowest BCUT2D eigenvalue weighted by Gasteiger charge is -2.17. The van der Waals surface area contributed by atoms with Gasteiger partial charge < -0.3 is 20.1 Å². The number of aliphatic hydroxyl groups excluding tert-OH is 3. The number of carbonyl (C=O) groups is 1. The third-order valence-corrected chi connectivity index (χ3v) is 2.49. The van der Waals surface area contributed by atoms with Crippen molar-refractivity contribution in [3.05, 3.63) is 34.9 Å². The van der Waals surface area contributed by atoms with Crippen LogP contribution in [0.4, 0.5) is 8.78 Å². The summed E-state index contributed by atoms with van der Waals surface area (Å²) in [6.45, 7) is 0.662. The molecule has 7 heteroatoms. The number of carbonyl (C=O) groups excluding carboxylic acids is 1. The molecule has 0 saturated carbocycles. The van der Waals surface area contributed by atoms with E-state index in [0.29, 0.717) is 0 Å². The lowest BCUT2D eigenvalue weighted by molar-refractivity contribution is -0.159. The number of rotatable bonds is 5. The Morgan fingerprint density at radius 2 is 1.84 bits per heavy atom. The molecule has 0 saturated heterocycles. The Bertz CT molecular complexity index is 440. The molecule has 0 aliphatic rings. The maximum Gasteiger partial charge on any atom is 0.338 e. The molecule has 0 amide bonds. The summed E-state index contributed by atoms with van der Waals surface area (Å²) in [4.78, 5) is 11.2. The molecular formula is C12H14F2O5. The summed E-state index contributed by atoms with van der Waals surface area (Å²) in [6, 6.07) is 1.48. The largest absolute Gasteiger partial charge is 0.464 e. The van der Waals surface area contributed by atoms with Gasteiger partial charge in [0.25, 0.3) is 0 Å². The van der Waals surface area contributed by atoms with E-state index in [9.17, 15) is 23.8 Å². The van der Waals surface area contributed by atoms with Crippen LogP contribution in [0.1, 0.15) is 24.2 Å². The van der Waals surface area contributed by atoms with E-state index in [4.69, 9.17) is 5.11 Å². The molecule has 1 rings (SSSR count). The van der Waals surface area contributed by atoms with Crippen molar-refractivity contribution in [2.75, 3.05) is 6.61 Å². The molecule has 1 aromatic carbocycles. The average molecular weight is 276 g/mol. The van der Waals surface area contributed by atoms with Gasteiger partial charge in [0.1, 0.15) is 17.7 Å². The molecule has 5 nitrogen and oxygen atoms in total. The fourth-order valence-corrected chi connectivity index (χ4v) is 1.48. The first-order valence-corrected chi connectivity index (χ1v) is 5.53. The Kier molecular flexibility index (Phi) is 5.34. The quantitative estimate of drug-likeness (QED) is 0.678. The highest BCUT2D eigenvalue weighted by Crippen LogP contribution is 2.23. The number of benzene rings is 1. The normalized spacial score (nSPS) is 14.0. The van der Waals surface area contributed by atoms with E-state index in [0.717, 1.165) is 12.1 Å². The highest BCUT2D eigenvalue weighted by molar-refractivity contribution is 5.75. The Hall–Kier alpha value is -1.57. The van der Waals surface area contributed by atoms with Crippen LogP contribution in [0.5, 0.6) is 0 Å². The van der Waals surface area contributed by atoms with Gasteiger partial charge in [-0.15, -0.1) is 0 Å². The van der Waals surface area contributed by atoms with Crippen LogP contribution in [-0.4, -0.2) is 34.0 Å². The molecule has 0 radical (unpaired) electrons. The van der Waals surface area contributed by atoms with Gasteiger partial charge in [-0.3, -0.25) is 0 Å². The standard InChI is InChI=1S/C12H14F2O5/c1-2-19-12(18)11(17)10(16)6-3-8(13)7(5-15)9(14)4-6/h3-4,10-11,15-17H,2,5H2,1H3. The molecule has 0 bridgehead atoms. The average Bonchev–Trinajstić information content (AvgIpc) is 2.36. The van der Waals surface area contributed by atoms with Crippen molar-refractivity contribution >= 4 is 5.97 Å². The van der Waals surface area contributed by atoms with E-state index in [-0.39, 0.29) is 12.2 Å². The summed E-state index contributed by atoms with van der Waals surface area (Å²) in [5.74, 6) is -3.25. The van der Waals surface area contributed by atoms with Gasteiger partial charge >= 0.3 is 5.97 Å². The van der Waals surface area contributed by atoms with E-state index in [1.54, 1.807) is 0 Å². The van der Waals surface area contributed by atoms with Gasteiger partial charge in [-0.1, -0.05) is 0 Å². The zero-order valence-electron chi connectivity index (χ0n) is 10.1. The van der Waals surface area contributed by atoms with E-state index in [2.05, 4.69) is 4.74 Å². The van der Waals surface area contributed by atoms with E-state index < -0.39 is 42.0 Å². The molecule has 19 heavy (non-hydrogen) atoms. The Balaban J connectivity index is 3.00. The Morgan fingerprint density at radius 3 is 2.26 bits per heavy atom. The number of hydrogen-bond acceptors (Lipinski definition) is 5. The van der Waals surface area contributed by atoms with Crippen LogP contribution < -0.4 is 0 Å². The smallest absolute Gasteiger partial charge is 0.338 e. The second-order valence-electron chi connectivity index (χ2n) is 3.76. The fourth-order valence-electron chi connectivity index (χ4n) is 1.48. The van der Waals surface area contributed by atoms with Gasteiger partial charge in [0, 0.05) is 5.56 Å². The van der Waals surface area contributed by atoms with E-state index >= 15 is 0 Å². The minimum Gasteiger partial charge on any atom is -0.464 e. The predicted octanol–water partition coefficient (Wildman–Crippen LogP) is 0.415. The van der Waals surface area contributed by atoms with Crippen molar-refractivity contribution in [1.82, 2.24) is 0 Å². The Morgan fingerprint density at radius 1 is 1.32 bits per heavy atom. The third kappa shape index (κ3) is 3.46. The van der Waals surface area contributed by atoms with Crippen LogP contribution in [-0.2, 0) is 16.1 Å². The van der Waals surface area contributed by atoms with E-state index in [1.165, 1.54) is 6.92 Å². The van der Waals surface area contributed by atoms with Crippen molar-refractivity contribution in [1.29, 1.82) is 0 Å². The van der Waals surface area contributed by atoms with Crippen LogP contribution in [0, 0.1) is 11.6 Å². The molecular weight excluding hydrogens is 262 g/mol. The molecule has 0 aromatic heterocycles. The lowest BCUT2D eigenvalue weighted by Crippen LogP contribution is -2.30. The molecule has 2 unspecified atom stereocenters. The van der Waals surface area contributed by atoms with Gasteiger partial charge in [0.05, 0.1) is 13.2 Å². The summed E-state index contributed by atoms with van der Waals surface area (Å²) in [5, 5.41) is 27.8. The van der Waals surface area contributed by atoms with Gasteiger partial charge in [-0.25, -0.2) is 13.6 Å². The molecule has 0 aliphatic heterocycles. The summed E-state index contributed by atoms with van der Waals surface area (Å²) in [5.41, 5.74) is -0.880. The second kappa shape index (κ2) is 6.55. The van der Waals surface area contributed by atoms with Gasteiger partial charge in [0.15, 0.2) is 6.10 Å². The van der Waals surface area contributed by atoms with Crippen molar-refractivity contribution in [2.45, 2.75) is 25.7 Å². The number of halogens is 2. The van der Waals surface area contributed by atoms with E-state index in [1.807, 2.05) is 0 Å². The maximum absolute atomic E-state index is 13.4. The molecule has 0 spiro atoms. The predicted molar refractivity (Wildman–Crippen MR) is 59.9 cm³/mol. The fraction of sp³-hybridized carbons (Fsp3) is 0.417. The monoisotopic (exact) mass is 276 g/mol. The molecule has 0 aliphatic carbocycles. The Labute approximate surface area is 108 Å².